The van der Waals surface area contributed by atoms with E-state index in [0.29, 0.717) is 17.8 Å². The third-order valence-electron chi connectivity index (χ3n) is 6.13. The SMILES string of the molecule is CCCC1C(C(=O)O)CC2CCC(C(=O)O)CC2C1CCC. The van der Waals surface area contributed by atoms with Crippen molar-refractivity contribution in [2.75, 3.05) is 0 Å². The van der Waals surface area contributed by atoms with Crippen molar-refractivity contribution in [2.24, 2.45) is 35.5 Å². The molecule has 0 bridgehead atoms. The highest BCUT2D eigenvalue weighted by Crippen LogP contribution is 2.52. The summed E-state index contributed by atoms with van der Waals surface area (Å²) in [4.78, 5) is 23.1. The largest absolute Gasteiger partial charge is 0.481 e. The lowest BCUT2D eigenvalue weighted by molar-refractivity contribution is -0.154. The molecule has 0 spiro atoms. The molecular formula is C18H30O4. The fourth-order valence-corrected chi connectivity index (χ4v) is 5.22. The van der Waals surface area contributed by atoms with E-state index in [9.17, 15) is 19.8 Å². The summed E-state index contributed by atoms with van der Waals surface area (Å²) in [5, 5.41) is 19.0. The number of hydrogen-bond donors (Lipinski definition) is 2. The van der Waals surface area contributed by atoms with E-state index < -0.39 is 11.9 Å². The average Bonchev–Trinajstić information content (AvgIpc) is 2.48. The Morgan fingerprint density at radius 1 is 0.909 bits per heavy atom. The molecule has 4 nitrogen and oxygen atoms in total. The van der Waals surface area contributed by atoms with E-state index in [1.165, 1.54) is 0 Å². The standard InChI is InChI=1S/C18H30O4/c1-3-5-13-14(6-4-2)16(18(21)22)9-11-7-8-12(17(19)20)10-15(11)13/h11-16H,3-10H2,1-2H3,(H,19,20)(H,21,22). The number of rotatable bonds is 6. The molecule has 0 saturated heterocycles. The second kappa shape index (κ2) is 7.47. The fraction of sp³-hybridized carbons (Fsp3) is 0.889. The van der Waals surface area contributed by atoms with Gasteiger partial charge < -0.3 is 10.2 Å². The van der Waals surface area contributed by atoms with E-state index in [4.69, 9.17) is 0 Å². The van der Waals surface area contributed by atoms with Gasteiger partial charge in [-0.25, -0.2) is 0 Å². The topological polar surface area (TPSA) is 74.6 Å². The van der Waals surface area contributed by atoms with Crippen LogP contribution in [-0.2, 0) is 9.59 Å². The van der Waals surface area contributed by atoms with Crippen LogP contribution >= 0.6 is 0 Å². The first kappa shape index (κ1) is 17.3. The van der Waals surface area contributed by atoms with E-state index in [-0.39, 0.29) is 17.8 Å². The Labute approximate surface area is 133 Å². The number of fused-ring (bicyclic) bond motifs is 1. The van der Waals surface area contributed by atoms with Crippen LogP contribution in [0.15, 0.2) is 0 Å². The lowest BCUT2D eigenvalue weighted by atomic mass is 9.55. The number of carboxylic acid groups (broad SMARTS) is 2. The second-order valence-corrected chi connectivity index (χ2v) is 7.36. The molecule has 4 heteroatoms. The molecular weight excluding hydrogens is 280 g/mol. The van der Waals surface area contributed by atoms with Crippen molar-refractivity contribution < 1.29 is 19.8 Å². The van der Waals surface area contributed by atoms with Gasteiger partial charge in [-0.05, 0) is 55.8 Å². The minimum Gasteiger partial charge on any atom is -0.481 e. The smallest absolute Gasteiger partial charge is 0.306 e. The lowest BCUT2D eigenvalue weighted by Crippen LogP contribution is -2.46. The van der Waals surface area contributed by atoms with Gasteiger partial charge in [0.2, 0.25) is 0 Å². The fourth-order valence-electron chi connectivity index (χ4n) is 5.22. The molecule has 126 valence electrons. The van der Waals surface area contributed by atoms with Crippen molar-refractivity contribution in [1.29, 1.82) is 0 Å². The van der Waals surface area contributed by atoms with Gasteiger partial charge in [-0.1, -0.05) is 33.1 Å². The highest BCUT2D eigenvalue weighted by atomic mass is 16.4. The maximum absolute atomic E-state index is 11.7. The van der Waals surface area contributed by atoms with Crippen LogP contribution in [0.25, 0.3) is 0 Å². The number of aliphatic carboxylic acids is 2. The molecule has 2 aliphatic rings. The van der Waals surface area contributed by atoms with Crippen molar-refractivity contribution in [2.45, 2.75) is 65.2 Å². The summed E-state index contributed by atoms with van der Waals surface area (Å²) in [7, 11) is 0. The molecule has 0 aromatic heterocycles. The molecule has 2 N–H and O–H groups in total. The van der Waals surface area contributed by atoms with Crippen molar-refractivity contribution in [3.8, 4) is 0 Å². The van der Waals surface area contributed by atoms with Crippen molar-refractivity contribution in [3.05, 3.63) is 0 Å². The minimum atomic E-state index is -0.666. The molecule has 0 radical (unpaired) electrons. The van der Waals surface area contributed by atoms with Crippen LogP contribution in [0.4, 0.5) is 0 Å². The van der Waals surface area contributed by atoms with Crippen LogP contribution in [0.2, 0.25) is 0 Å². The molecule has 0 aromatic rings. The van der Waals surface area contributed by atoms with Crippen LogP contribution in [0.3, 0.4) is 0 Å². The van der Waals surface area contributed by atoms with Crippen LogP contribution in [0.5, 0.6) is 0 Å². The lowest BCUT2D eigenvalue weighted by Gasteiger charge is -2.49. The van der Waals surface area contributed by atoms with E-state index in [1.54, 1.807) is 0 Å². The predicted octanol–water partition coefficient (Wildman–Crippen LogP) is 4.04. The van der Waals surface area contributed by atoms with Crippen LogP contribution in [-0.4, -0.2) is 22.2 Å². The molecule has 2 aliphatic carbocycles. The summed E-state index contributed by atoms with van der Waals surface area (Å²) in [6.07, 6.45) is 7.20. The first-order valence-corrected chi connectivity index (χ1v) is 8.95. The maximum atomic E-state index is 11.7. The van der Waals surface area contributed by atoms with E-state index in [1.807, 2.05) is 0 Å². The van der Waals surface area contributed by atoms with Crippen LogP contribution in [0, 0.1) is 35.5 Å². The predicted molar refractivity (Wildman–Crippen MR) is 84.5 cm³/mol. The summed E-state index contributed by atoms with van der Waals surface area (Å²) in [6, 6.07) is 0. The Balaban J connectivity index is 2.24. The first-order valence-electron chi connectivity index (χ1n) is 8.95. The van der Waals surface area contributed by atoms with Gasteiger partial charge in [-0.15, -0.1) is 0 Å². The van der Waals surface area contributed by atoms with Crippen molar-refractivity contribution in [3.63, 3.8) is 0 Å². The molecule has 0 aromatic carbocycles. The summed E-state index contributed by atoms with van der Waals surface area (Å²) < 4.78 is 0. The van der Waals surface area contributed by atoms with Crippen molar-refractivity contribution in [1.82, 2.24) is 0 Å². The Kier molecular flexibility index (Phi) is 5.87. The van der Waals surface area contributed by atoms with Gasteiger partial charge >= 0.3 is 11.9 Å². The Bertz CT molecular complexity index is 406. The third-order valence-corrected chi connectivity index (χ3v) is 6.13. The molecule has 2 saturated carbocycles. The highest BCUT2D eigenvalue weighted by molar-refractivity contribution is 5.71. The summed E-state index contributed by atoms with van der Waals surface area (Å²) >= 11 is 0. The molecule has 22 heavy (non-hydrogen) atoms. The second-order valence-electron chi connectivity index (χ2n) is 7.36. The molecule has 2 rings (SSSR count). The average molecular weight is 310 g/mol. The molecule has 0 heterocycles. The van der Waals surface area contributed by atoms with E-state index >= 15 is 0 Å². The first-order chi connectivity index (χ1) is 10.5. The van der Waals surface area contributed by atoms with Crippen molar-refractivity contribution >= 4 is 11.9 Å². The van der Waals surface area contributed by atoms with Gasteiger partial charge in [0.05, 0.1) is 11.8 Å². The number of hydrogen-bond acceptors (Lipinski definition) is 2. The zero-order valence-electron chi connectivity index (χ0n) is 13.8. The molecule has 0 aliphatic heterocycles. The van der Waals surface area contributed by atoms with Crippen LogP contribution in [0.1, 0.15) is 65.2 Å². The van der Waals surface area contributed by atoms with Gasteiger partial charge in [0.25, 0.3) is 0 Å². The van der Waals surface area contributed by atoms with Gasteiger partial charge in [0, 0.05) is 0 Å². The summed E-state index contributed by atoms with van der Waals surface area (Å²) in [5.74, 6) is -0.283. The molecule has 2 fully saturated rings. The molecule has 0 amide bonds. The zero-order chi connectivity index (χ0) is 16.3. The minimum absolute atomic E-state index is 0.218. The summed E-state index contributed by atoms with van der Waals surface area (Å²) in [5.41, 5.74) is 0. The third kappa shape index (κ3) is 3.47. The molecule has 6 atom stereocenters. The van der Waals surface area contributed by atoms with Gasteiger partial charge in [-0.3, -0.25) is 9.59 Å². The maximum Gasteiger partial charge on any atom is 0.306 e. The Hall–Kier alpha value is -1.06. The van der Waals surface area contributed by atoms with Gasteiger partial charge in [-0.2, -0.15) is 0 Å². The Morgan fingerprint density at radius 2 is 1.55 bits per heavy atom. The van der Waals surface area contributed by atoms with Crippen LogP contribution < -0.4 is 0 Å². The molecule has 6 unspecified atom stereocenters. The summed E-state index contributed by atoms with van der Waals surface area (Å²) in [6.45, 7) is 4.27. The Morgan fingerprint density at radius 3 is 2.09 bits per heavy atom. The van der Waals surface area contributed by atoms with E-state index in [0.717, 1.165) is 51.4 Å². The number of carboxylic acids is 2. The van der Waals surface area contributed by atoms with E-state index in [2.05, 4.69) is 13.8 Å². The monoisotopic (exact) mass is 310 g/mol. The number of carbonyl (C=O) groups is 2. The van der Waals surface area contributed by atoms with Gasteiger partial charge in [0.1, 0.15) is 0 Å². The normalized spacial score (nSPS) is 38.3. The quantitative estimate of drug-likeness (QED) is 0.776. The zero-order valence-corrected chi connectivity index (χ0v) is 13.8. The van der Waals surface area contributed by atoms with Gasteiger partial charge in [0.15, 0.2) is 0 Å². The highest BCUT2D eigenvalue weighted by Gasteiger charge is 2.48.